The SMILES string of the molecule is CN(C)C(=O)N1CCCCC1c1nnc2n1CCN(S(=O)(=O)c1cn(C)cn1)C2. The molecule has 2 aliphatic rings. The molecule has 158 valence electrons. The van der Waals surface area contributed by atoms with Gasteiger partial charge in [0.15, 0.2) is 10.9 Å². The van der Waals surface area contributed by atoms with Gasteiger partial charge in [0.2, 0.25) is 0 Å². The maximum Gasteiger partial charge on any atom is 0.320 e. The molecule has 0 aromatic carbocycles. The van der Waals surface area contributed by atoms with E-state index in [-0.39, 0.29) is 23.6 Å². The standard InChI is InChI=1S/C17H26N8O3S/c1-21(2)17(26)24-7-5-4-6-13(24)16-20-19-14-10-23(8-9-25(14)16)29(27,28)15-11-22(3)12-18-15/h11-13H,4-10H2,1-3H3. The van der Waals surface area contributed by atoms with Crippen LogP contribution >= 0.6 is 0 Å². The fourth-order valence-corrected chi connectivity index (χ4v) is 5.30. The number of aromatic nitrogens is 5. The van der Waals surface area contributed by atoms with Gasteiger partial charge < -0.3 is 18.9 Å². The number of imidazole rings is 1. The third-order valence-corrected chi connectivity index (χ3v) is 7.19. The zero-order valence-electron chi connectivity index (χ0n) is 16.9. The van der Waals surface area contributed by atoms with Crippen LogP contribution in [0.15, 0.2) is 17.6 Å². The smallest absolute Gasteiger partial charge is 0.320 e. The van der Waals surface area contributed by atoms with Gasteiger partial charge >= 0.3 is 6.03 Å². The second-order valence-electron chi connectivity index (χ2n) is 7.72. The van der Waals surface area contributed by atoms with Crippen LogP contribution in [0, 0.1) is 0 Å². The predicted molar refractivity (Wildman–Crippen MR) is 103 cm³/mol. The highest BCUT2D eigenvalue weighted by molar-refractivity contribution is 7.89. The molecule has 4 rings (SSSR count). The van der Waals surface area contributed by atoms with E-state index in [4.69, 9.17) is 0 Å². The number of sulfonamides is 1. The van der Waals surface area contributed by atoms with Gasteiger partial charge in [-0.3, -0.25) is 0 Å². The van der Waals surface area contributed by atoms with E-state index < -0.39 is 10.0 Å². The van der Waals surface area contributed by atoms with E-state index in [0.29, 0.717) is 25.5 Å². The largest absolute Gasteiger partial charge is 0.339 e. The summed E-state index contributed by atoms with van der Waals surface area (Å²) in [5, 5.41) is 8.66. The number of carbonyl (C=O) groups is 1. The van der Waals surface area contributed by atoms with Gasteiger partial charge in [-0.25, -0.2) is 18.2 Å². The molecule has 1 fully saturated rings. The Hall–Kier alpha value is -2.47. The molecule has 4 heterocycles. The molecule has 29 heavy (non-hydrogen) atoms. The van der Waals surface area contributed by atoms with Crippen LogP contribution in [0.5, 0.6) is 0 Å². The second-order valence-corrected chi connectivity index (χ2v) is 9.61. The van der Waals surface area contributed by atoms with Crippen molar-refractivity contribution in [2.45, 2.75) is 43.4 Å². The summed E-state index contributed by atoms with van der Waals surface area (Å²) in [6.07, 6.45) is 5.77. The topological polar surface area (TPSA) is 109 Å². The molecule has 0 spiro atoms. The number of urea groups is 1. The number of piperidine rings is 1. The normalized spacial score (nSPS) is 20.5. The van der Waals surface area contributed by atoms with Crippen molar-refractivity contribution in [3.8, 4) is 0 Å². The fraction of sp³-hybridized carbons (Fsp3) is 0.647. The molecule has 2 aromatic heterocycles. The minimum atomic E-state index is -3.69. The van der Waals surface area contributed by atoms with Crippen LogP contribution in [0.4, 0.5) is 4.79 Å². The quantitative estimate of drug-likeness (QED) is 0.709. The number of amides is 2. The maximum absolute atomic E-state index is 12.9. The number of hydrogen-bond donors (Lipinski definition) is 0. The number of rotatable bonds is 3. The van der Waals surface area contributed by atoms with Crippen molar-refractivity contribution in [2.75, 3.05) is 27.2 Å². The van der Waals surface area contributed by atoms with Gasteiger partial charge in [0.25, 0.3) is 10.0 Å². The zero-order chi connectivity index (χ0) is 20.8. The molecule has 1 saturated heterocycles. The molecular weight excluding hydrogens is 396 g/mol. The van der Waals surface area contributed by atoms with Crippen LogP contribution in [0.25, 0.3) is 0 Å². The third-order valence-electron chi connectivity index (χ3n) is 5.46. The summed E-state index contributed by atoms with van der Waals surface area (Å²) in [7, 11) is 1.53. The lowest BCUT2D eigenvalue weighted by molar-refractivity contribution is 0.123. The van der Waals surface area contributed by atoms with E-state index in [2.05, 4.69) is 15.2 Å². The molecule has 0 N–H and O–H groups in total. The van der Waals surface area contributed by atoms with Crippen molar-refractivity contribution in [1.29, 1.82) is 0 Å². The van der Waals surface area contributed by atoms with Crippen LogP contribution in [0.2, 0.25) is 0 Å². The molecule has 12 heteroatoms. The summed E-state index contributed by atoms with van der Waals surface area (Å²) in [6.45, 7) is 1.58. The van der Waals surface area contributed by atoms with Crippen molar-refractivity contribution in [3.05, 3.63) is 24.2 Å². The van der Waals surface area contributed by atoms with Gasteiger partial charge in [-0.05, 0) is 19.3 Å². The van der Waals surface area contributed by atoms with Gasteiger partial charge in [-0.15, -0.1) is 10.2 Å². The van der Waals surface area contributed by atoms with Gasteiger partial charge in [-0.1, -0.05) is 0 Å². The molecular formula is C17H26N8O3S. The first-order valence-corrected chi connectivity index (χ1v) is 11.1. The summed E-state index contributed by atoms with van der Waals surface area (Å²) in [6, 6.07) is -0.180. The summed E-state index contributed by atoms with van der Waals surface area (Å²) >= 11 is 0. The van der Waals surface area contributed by atoms with Crippen LogP contribution < -0.4 is 0 Å². The minimum absolute atomic E-state index is 0.0308. The zero-order valence-corrected chi connectivity index (χ0v) is 17.7. The predicted octanol–water partition coefficient (Wildman–Crippen LogP) is 0.425. The molecule has 2 aliphatic heterocycles. The number of carbonyl (C=O) groups excluding carboxylic acids is 1. The summed E-state index contributed by atoms with van der Waals surface area (Å²) < 4.78 is 30.7. The lowest BCUT2D eigenvalue weighted by atomic mass is 10.0. The Labute approximate surface area is 170 Å². The molecule has 0 bridgehead atoms. The highest BCUT2D eigenvalue weighted by atomic mass is 32.2. The Morgan fingerprint density at radius 2 is 1.97 bits per heavy atom. The van der Waals surface area contributed by atoms with E-state index in [1.807, 2.05) is 9.47 Å². The number of likely N-dealkylation sites (tertiary alicyclic amines) is 1. The average Bonchev–Trinajstić information content (AvgIpc) is 3.33. The van der Waals surface area contributed by atoms with Gasteiger partial charge in [-0.2, -0.15) is 4.31 Å². The monoisotopic (exact) mass is 422 g/mol. The van der Waals surface area contributed by atoms with Crippen molar-refractivity contribution in [3.63, 3.8) is 0 Å². The first-order valence-electron chi connectivity index (χ1n) is 9.67. The molecule has 11 nitrogen and oxygen atoms in total. The van der Waals surface area contributed by atoms with Crippen molar-refractivity contribution < 1.29 is 13.2 Å². The highest BCUT2D eigenvalue weighted by Gasteiger charge is 2.36. The molecule has 2 aromatic rings. The Morgan fingerprint density at radius 1 is 1.17 bits per heavy atom. The van der Waals surface area contributed by atoms with E-state index in [1.165, 1.54) is 16.8 Å². The summed E-state index contributed by atoms with van der Waals surface area (Å²) in [5.41, 5.74) is 0. The first kappa shape index (κ1) is 19.8. The first-order chi connectivity index (χ1) is 13.8. The number of fused-ring (bicyclic) bond motifs is 1. The van der Waals surface area contributed by atoms with E-state index in [1.54, 1.807) is 30.6 Å². The second kappa shape index (κ2) is 7.41. The van der Waals surface area contributed by atoms with Crippen LogP contribution in [-0.2, 0) is 30.2 Å². The highest BCUT2D eigenvalue weighted by Crippen LogP contribution is 2.32. The van der Waals surface area contributed by atoms with Crippen LogP contribution in [-0.4, -0.2) is 80.1 Å². The fourth-order valence-electron chi connectivity index (χ4n) is 3.95. The lowest BCUT2D eigenvalue weighted by Crippen LogP contribution is -2.45. The maximum atomic E-state index is 12.9. The Bertz CT molecular complexity index is 1010. The molecule has 1 unspecified atom stereocenters. The van der Waals surface area contributed by atoms with Crippen molar-refractivity contribution >= 4 is 16.1 Å². The Kier molecular flexibility index (Phi) is 5.07. The van der Waals surface area contributed by atoms with Crippen LogP contribution in [0.3, 0.4) is 0 Å². The molecule has 2 amide bonds. The molecule has 0 aliphatic carbocycles. The van der Waals surface area contributed by atoms with Crippen molar-refractivity contribution in [1.82, 2.24) is 38.4 Å². The number of hydrogen-bond acceptors (Lipinski definition) is 6. The van der Waals surface area contributed by atoms with Gasteiger partial charge in [0.1, 0.15) is 5.82 Å². The van der Waals surface area contributed by atoms with Crippen molar-refractivity contribution in [2.24, 2.45) is 7.05 Å². The van der Waals surface area contributed by atoms with E-state index in [0.717, 1.165) is 25.1 Å². The van der Waals surface area contributed by atoms with Gasteiger partial charge in [0, 0.05) is 47.0 Å². The number of nitrogens with zero attached hydrogens (tertiary/aromatic N) is 8. The molecule has 0 radical (unpaired) electrons. The lowest BCUT2D eigenvalue weighted by Gasteiger charge is -2.37. The number of aryl methyl sites for hydroxylation is 1. The Morgan fingerprint density at radius 3 is 2.66 bits per heavy atom. The summed E-state index contributed by atoms with van der Waals surface area (Å²) in [5.74, 6) is 1.33. The van der Waals surface area contributed by atoms with Gasteiger partial charge in [0.05, 0.1) is 18.9 Å². The Balaban J connectivity index is 1.59. The third kappa shape index (κ3) is 3.50. The average molecular weight is 423 g/mol. The minimum Gasteiger partial charge on any atom is -0.339 e. The molecule has 1 atom stereocenters. The van der Waals surface area contributed by atoms with Crippen LogP contribution in [0.1, 0.15) is 37.0 Å². The van der Waals surface area contributed by atoms with E-state index >= 15 is 0 Å². The van der Waals surface area contributed by atoms with E-state index in [9.17, 15) is 13.2 Å². The summed E-state index contributed by atoms with van der Waals surface area (Å²) in [4.78, 5) is 20.0. The molecule has 0 saturated carbocycles.